The van der Waals surface area contributed by atoms with E-state index < -0.39 is 0 Å². The molecule has 0 bridgehead atoms. The first-order valence-electron chi connectivity index (χ1n) is 8.26. The van der Waals surface area contributed by atoms with Crippen molar-refractivity contribution < 1.29 is 9.53 Å². The van der Waals surface area contributed by atoms with E-state index in [4.69, 9.17) is 4.74 Å². The fourth-order valence-electron chi connectivity index (χ4n) is 2.37. The van der Waals surface area contributed by atoms with Crippen LogP contribution in [0, 0.1) is 0 Å². The smallest absolute Gasteiger partial charge is 0.251 e. The molecule has 1 amide bonds. The molecule has 2 atom stereocenters. The molecule has 0 aliphatic rings. The van der Waals surface area contributed by atoms with Gasteiger partial charge in [0.05, 0.1) is 12.1 Å². The Bertz CT molecular complexity index is 625. The first kappa shape index (κ1) is 17.1. The van der Waals surface area contributed by atoms with Crippen molar-refractivity contribution in [2.45, 2.75) is 45.8 Å². The summed E-state index contributed by atoms with van der Waals surface area (Å²) in [5, 5.41) is 3.10. The van der Waals surface area contributed by atoms with Crippen LogP contribution in [0.1, 0.15) is 55.6 Å². The van der Waals surface area contributed by atoms with Gasteiger partial charge in [-0.1, -0.05) is 50.2 Å². The zero-order valence-electron chi connectivity index (χ0n) is 14.1. The molecule has 2 aromatic rings. The zero-order chi connectivity index (χ0) is 16.7. The lowest BCUT2D eigenvalue weighted by molar-refractivity contribution is 0.0934. The number of benzene rings is 2. The first-order valence-corrected chi connectivity index (χ1v) is 8.26. The van der Waals surface area contributed by atoms with Crippen LogP contribution in [-0.2, 0) is 0 Å². The molecule has 23 heavy (non-hydrogen) atoms. The van der Waals surface area contributed by atoms with E-state index >= 15 is 0 Å². The van der Waals surface area contributed by atoms with Crippen LogP contribution in [0.5, 0.6) is 5.75 Å². The number of hydrogen-bond acceptors (Lipinski definition) is 2. The molecule has 0 radical (unpaired) electrons. The van der Waals surface area contributed by atoms with Crippen molar-refractivity contribution in [3.63, 3.8) is 0 Å². The second kappa shape index (κ2) is 8.37. The van der Waals surface area contributed by atoms with E-state index in [2.05, 4.69) is 19.2 Å². The fraction of sp³-hybridized carbons (Fsp3) is 0.350. The highest BCUT2D eigenvalue weighted by molar-refractivity contribution is 5.94. The zero-order valence-corrected chi connectivity index (χ0v) is 14.1. The van der Waals surface area contributed by atoms with E-state index in [0.29, 0.717) is 5.56 Å². The highest BCUT2D eigenvalue weighted by Crippen LogP contribution is 2.19. The maximum Gasteiger partial charge on any atom is 0.251 e. The van der Waals surface area contributed by atoms with Crippen LogP contribution >= 0.6 is 0 Å². The summed E-state index contributed by atoms with van der Waals surface area (Å²) in [6, 6.07) is 17.4. The van der Waals surface area contributed by atoms with Gasteiger partial charge in [0.2, 0.25) is 0 Å². The van der Waals surface area contributed by atoms with Gasteiger partial charge in [-0.2, -0.15) is 0 Å². The van der Waals surface area contributed by atoms with Gasteiger partial charge in [-0.15, -0.1) is 0 Å². The lowest BCUT2D eigenvalue weighted by Gasteiger charge is -2.18. The monoisotopic (exact) mass is 311 g/mol. The van der Waals surface area contributed by atoms with Gasteiger partial charge in [0, 0.05) is 5.56 Å². The molecule has 0 spiro atoms. The van der Waals surface area contributed by atoms with Crippen LogP contribution in [0.25, 0.3) is 0 Å². The van der Waals surface area contributed by atoms with Gasteiger partial charge in [-0.05, 0) is 43.5 Å². The lowest BCUT2D eigenvalue weighted by atomic mass is 10.0. The molecule has 0 aliphatic carbocycles. The van der Waals surface area contributed by atoms with Gasteiger partial charge in [-0.25, -0.2) is 0 Å². The Morgan fingerprint density at radius 3 is 2.43 bits per heavy atom. The molecule has 0 heterocycles. The number of nitrogens with one attached hydrogen (secondary N) is 1. The molecular formula is C20H25NO2. The van der Waals surface area contributed by atoms with Gasteiger partial charge in [-0.3, -0.25) is 4.79 Å². The van der Waals surface area contributed by atoms with E-state index in [9.17, 15) is 4.79 Å². The summed E-state index contributed by atoms with van der Waals surface area (Å²) in [6.45, 7) is 6.17. The number of carbonyl (C=O) groups is 1. The third-order valence-electron chi connectivity index (χ3n) is 3.92. The summed E-state index contributed by atoms with van der Waals surface area (Å²) < 4.78 is 5.79. The molecule has 122 valence electrons. The summed E-state index contributed by atoms with van der Waals surface area (Å²) in [5.74, 6) is 0.662. The maximum atomic E-state index is 12.5. The fourth-order valence-corrected chi connectivity index (χ4v) is 2.37. The first-order chi connectivity index (χ1) is 11.1. The van der Waals surface area contributed by atoms with E-state index in [1.54, 1.807) is 6.07 Å². The Morgan fingerprint density at radius 1 is 1.04 bits per heavy atom. The molecule has 0 fully saturated rings. The van der Waals surface area contributed by atoms with Gasteiger partial charge in [0.15, 0.2) is 0 Å². The average molecular weight is 311 g/mol. The van der Waals surface area contributed by atoms with Gasteiger partial charge in [0.25, 0.3) is 5.91 Å². The molecule has 0 aromatic heterocycles. The second-order valence-electron chi connectivity index (χ2n) is 5.71. The second-order valence-corrected chi connectivity index (χ2v) is 5.71. The van der Waals surface area contributed by atoms with Gasteiger partial charge < -0.3 is 10.1 Å². The van der Waals surface area contributed by atoms with Gasteiger partial charge >= 0.3 is 0 Å². The van der Waals surface area contributed by atoms with Crippen LogP contribution in [0.4, 0.5) is 0 Å². The third kappa shape index (κ3) is 4.85. The summed E-state index contributed by atoms with van der Waals surface area (Å²) in [7, 11) is 0. The minimum Gasteiger partial charge on any atom is -0.491 e. The molecule has 1 N–H and O–H groups in total. The third-order valence-corrected chi connectivity index (χ3v) is 3.92. The SMILES string of the molecule is CCC(C)Oc1cccc(C(=O)NC(CC)c2ccccc2)c1. The van der Waals surface area contributed by atoms with Crippen molar-refractivity contribution in [2.24, 2.45) is 0 Å². The van der Waals surface area contributed by atoms with E-state index in [1.165, 1.54) is 0 Å². The van der Waals surface area contributed by atoms with Gasteiger partial charge in [0.1, 0.15) is 5.75 Å². The minimum absolute atomic E-state index is 0.0165. The molecule has 3 nitrogen and oxygen atoms in total. The number of amides is 1. The molecule has 2 aromatic carbocycles. The van der Waals surface area contributed by atoms with Crippen molar-refractivity contribution in [1.29, 1.82) is 0 Å². The van der Waals surface area contributed by atoms with Crippen molar-refractivity contribution in [1.82, 2.24) is 5.32 Å². The summed E-state index contributed by atoms with van der Waals surface area (Å²) >= 11 is 0. The maximum absolute atomic E-state index is 12.5. The van der Waals surface area contributed by atoms with Crippen molar-refractivity contribution in [3.05, 3.63) is 65.7 Å². The molecule has 3 heteroatoms. The molecule has 2 unspecified atom stereocenters. The van der Waals surface area contributed by atoms with Crippen LogP contribution in [-0.4, -0.2) is 12.0 Å². The predicted octanol–water partition coefficient (Wildman–Crippen LogP) is 4.75. The molecule has 2 rings (SSSR count). The van der Waals surface area contributed by atoms with E-state index in [0.717, 1.165) is 24.2 Å². The van der Waals surface area contributed by atoms with Crippen LogP contribution in [0.15, 0.2) is 54.6 Å². The Kier molecular flexibility index (Phi) is 6.21. The summed E-state index contributed by atoms with van der Waals surface area (Å²) in [4.78, 5) is 12.5. The number of ether oxygens (including phenoxy) is 1. The van der Waals surface area contributed by atoms with Crippen LogP contribution in [0.2, 0.25) is 0 Å². The van der Waals surface area contributed by atoms with E-state index in [1.807, 2.05) is 55.5 Å². The Labute approximate surface area is 138 Å². The quantitative estimate of drug-likeness (QED) is 0.801. The lowest BCUT2D eigenvalue weighted by Crippen LogP contribution is -2.28. The van der Waals surface area contributed by atoms with Crippen molar-refractivity contribution >= 4 is 5.91 Å². The highest BCUT2D eigenvalue weighted by atomic mass is 16.5. The predicted molar refractivity (Wildman–Crippen MR) is 93.8 cm³/mol. The van der Waals surface area contributed by atoms with Crippen LogP contribution < -0.4 is 10.1 Å². The number of hydrogen-bond donors (Lipinski definition) is 1. The largest absolute Gasteiger partial charge is 0.491 e. The minimum atomic E-state index is -0.0738. The molecular weight excluding hydrogens is 286 g/mol. The molecule has 0 aliphatic heterocycles. The van der Waals surface area contributed by atoms with Crippen molar-refractivity contribution in [2.75, 3.05) is 0 Å². The Hall–Kier alpha value is -2.29. The highest BCUT2D eigenvalue weighted by Gasteiger charge is 2.14. The number of carbonyl (C=O) groups excluding carboxylic acids is 1. The topological polar surface area (TPSA) is 38.3 Å². The molecule has 0 saturated carbocycles. The normalized spacial score (nSPS) is 13.2. The summed E-state index contributed by atoms with van der Waals surface area (Å²) in [5.41, 5.74) is 1.75. The van der Waals surface area contributed by atoms with Crippen LogP contribution in [0.3, 0.4) is 0 Å². The Morgan fingerprint density at radius 2 is 1.78 bits per heavy atom. The van der Waals surface area contributed by atoms with E-state index in [-0.39, 0.29) is 18.1 Å². The Balaban J connectivity index is 2.09. The average Bonchev–Trinajstić information content (AvgIpc) is 2.60. The number of rotatable bonds is 7. The molecule has 0 saturated heterocycles. The summed E-state index contributed by atoms with van der Waals surface area (Å²) in [6.07, 6.45) is 1.92. The van der Waals surface area contributed by atoms with Crippen molar-refractivity contribution in [3.8, 4) is 5.75 Å². The standard InChI is InChI=1S/C20H25NO2/c1-4-15(3)23-18-13-9-12-17(14-18)20(22)21-19(5-2)16-10-7-6-8-11-16/h6-15,19H,4-5H2,1-3H3,(H,21,22).